The first-order valence-corrected chi connectivity index (χ1v) is 9.70. The summed E-state index contributed by atoms with van der Waals surface area (Å²) in [6.07, 6.45) is 1.70. The lowest BCUT2D eigenvalue weighted by atomic mass is 10.1. The fourth-order valence-electron chi connectivity index (χ4n) is 2.96. The van der Waals surface area contributed by atoms with Gasteiger partial charge in [0.2, 0.25) is 0 Å². The van der Waals surface area contributed by atoms with E-state index in [-0.39, 0.29) is 5.91 Å². The SMILES string of the molecule is CCc1ccc(Nc2cc(C(=O)NCCc3cccc(OC)c3)nc(C)n2)cc1. The Labute approximate surface area is 171 Å². The van der Waals surface area contributed by atoms with Gasteiger partial charge in [0.1, 0.15) is 23.1 Å². The molecular formula is C23H26N4O2. The summed E-state index contributed by atoms with van der Waals surface area (Å²) in [5, 5.41) is 6.16. The van der Waals surface area contributed by atoms with E-state index in [1.165, 1.54) is 5.56 Å². The van der Waals surface area contributed by atoms with Gasteiger partial charge in [0.15, 0.2) is 0 Å². The van der Waals surface area contributed by atoms with Gasteiger partial charge in [-0.2, -0.15) is 0 Å². The maximum absolute atomic E-state index is 12.5. The molecule has 2 aromatic carbocycles. The number of methoxy groups -OCH3 is 1. The molecule has 150 valence electrons. The lowest BCUT2D eigenvalue weighted by molar-refractivity contribution is 0.0949. The first kappa shape index (κ1) is 20.3. The van der Waals surface area contributed by atoms with Gasteiger partial charge in [-0.1, -0.05) is 31.2 Å². The number of carbonyl (C=O) groups is 1. The molecule has 0 saturated carbocycles. The standard InChI is InChI=1S/C23H26N4O2/c1-4-17-8-10-19(11-9-17)27-22-15-21(25-16(2)26-22)23(28)24-13-12-18-6-5-7-20(14-18)29-3/h5-11,14-15H,4,12-13H2,1-3H3,(H,24,28)(H,25,26,27). The zero-order valence-corrected chi connectivity index (χ0v) is 17.0. The molecular weight excluding hydrogens is 364 g/mol. The third-order valence-electron chi connectivity index (χ3n) is 4.54. The van der Waals surface area contributed by atoms with E-state index in [2.05, 4.69) is 39.7 Å². The molecule has 0 unspecified atom stereocenters. The Morgan fingerprint density at radius 2 is 1.83 bits per heavy atom. The molecule has 0 aliphatic rings. The topological polar surface area (TPSA) is 76.1 Å². The van der Waals surface area contributed by atoms with Crippen LogP contribution in [0.15, 0.2) is 54.6 Å². The van der Waals surface area contributed by atoms with Gasteiger partial charge in [-0.25, -0.2) is 9.97 Å². The van der Waals surface area contributed by atoms with Crippen LogP contribution in [-0.4, -0.2) is 29.5 Å². The third-order valence-corrected chi connectivity index (χ3v) is 4.54. The largest absolute Gasteiger partial charge is 0.497 e. The van der Waals surface area contributed by atoms with Crippen molar-refractivity contribution in [3.8, 4) is 5.75 Å². The van der Waals surface area contributed by atoms with Crippen LogP contribution in [0.3, 0.4) is 0 Å². The van der Waals surface area contributed by atoms with E-state index in [1.807, 2.05) is 36.4 Å². The molecule has 1 amide bonds. The Morgan fingerprint density at radius 1 is 1.03 bits per heavy atom. The highest BCUT2D eigenvalue weighted by Crippen LogP contribution is 2.17. The van der Waals surface area contributed by atoms with Crippen molar-refractivity contribution in [3.63, 3.8) is 0 Å². The number of nitrogens with one attached hydrogen (secondary N) is 2. The van der Waals surface area contributed by atoms with Gasteiger partial charge in [-0.05, 0) is 55.2 Å². The predicted octanol–water partition coefficient (Wildman–Crippen LogP) is 4.07. The van der Waals surface area contributed by atoms with E-state index in [9.17, 15) is 4.79 Å². The number of carbonyl (C=O) groups excluding carboxylic acids is 1. The van der Waals surface area contributed by atoms with Crippen molar-refractivity contribution in [2.75, 3.05) is 19.0 Å². The summed E-state index contributed by atoms with van der Waals surface area (Å²) in [7, 11) is 1.64. The number of anilines is 2. The van der Waals surface area contributed by atoms with Gasteiger partial charge in [0.05, 0.1) is 7.11 Å². The highest BCUT2D eigenvalue weighted by molar-refractivity contribution is 5.93. The van der Waals surface area contributed by atoms with E-state index in [4.69, 9.17) is 4.74 Å². The summed E-state index contributed by atoms with van der Waals surface area (Å²) in [6.45, 7) is 4.41. The minimum Gasteiger partial charge on any atom is -0.497 e. The zero-order valence-electron chi connectivity index (χ0n) is 17.0. The molecule has 3 aromatic rings. The van der Waals surface area contributed by atoms with Crippen molar-refractivity contribution < 1.29 is 9.53 Å². The minimum atomic E-state index is -0.220. The number of aryl methyl sites for hydroxylation is 2. The van der Waals surface area contributed by atoms with Crippen molar-refractivity contribution in [2.24, 2.45) is 0 Å². The van der Waals surface area contributed by atoms with Crippen LogP contribution in [0.2, 0.25) is 0 Å². The second-order valence-corrected chi connectivity index (χ2v) is 6.72. The van der Waals surface area contributed by atoms with Gasteiger partial charge >= 0.3 is 0 Å². The molecule has 0 radical (unpaired) electrons. The lowest BCUT2D eigenvalue weighted by Crippen LogP contribution is -2.27. The van der Waals surface area contributed by atoms with E-state index in [0.717, 1.165) is 23.4 Å². The predicted molar refractivity (Wildman–Crippen MR) is 115 cm³/mol. The van der Waals surface area contributed by atoms with Crippen LogP contribution in [0.25, 0.3) is 0 Å². The zero-order chi connectivity index (χ0) is 20.6. The quantitative estimate of drug-likeness (QED) is 0.606. The molecule has 0 bridgehead atoms. The Kier molecular flexibility index (Phi) is 6.79. The average Bonchev–Trinajstić information content (AvgIpc) is 2.74. The number of hydrogen-bond acceptors (Lipinski definition) is 5. The Morgan fingerprint density at radius 3 is 2.55 bits per heavy atom. The van der Waals surface area contributed by atoms with Crippen LogP contribution in [-0.2, 0) is 12.8 Å². The smallest absolute Gasteiger partial charge is 0.270 e. The minimum absolute atomic E-state index is 0.220. The summed E-state index contributed by atoms with van der Waals surface area (Å²) in [5.74, 6) is 1.73. The van der Waals surface area contributed by atoms with E-state index < -0.39 is 0 Å². The van der Waals surface area contributed by atoms with Gasteiger partial charge in [-0.3, -0.25) is 4.79 Å². The van der Waals surface area contributed by atoms with Gasteiger partial charge in [0.25, 0.3) is 5.91 Å². The Hall–Kier alpha value is -3.41. The number of hydrogen-bond donors (Lipinski definition) is 2. The van der Waals surface area contributed by atoms with E-state index in [1.54, 1.807) is 20.1 Å². The maximum atomic E-state index is 12.5. The van der Waals surface area contributed by atoms with Crippen LogP contribution in [0.5, 0.6) is 5.75 Å². The van der Waals surface area contributed by atoms with Crippen LogP contribution < -0.4 is 15.4 Å². The molecule has 0 aliphatic heterocycles. The first-order chi connectivity index (χ1) is 14.1. The summed E-state index contributed by atoms with van der Waals surface area (Å²) in [5.41, 5.74) is 3.63. The van der Waals surface area contributed by atoms with Crippen molar-refractivity contribution in [1.29, 1.82) is 0 Å². The van der Waals surface area contributed by atoms with Gasteiger partial charge in [-0.15, -0.1) is 0 Å². The second-order valence-electron chi connectivity index (χ2n) is 6.72. The fraction of sp³-hybridized carbons (Fsp3) is 0.261. The van der Waals surface area contributed by atoms with E-state index in [0.29, 0.717) is 30.3 Å². The highest BCUT2D eigenvalue weighted by atomic mass is 16.5. The summed E-state index contributed by atoms with van der Waals surface area (Å²) < 4.78 is 5.23. The molecule has 1 heterocycles. The molecule has 0 saturated heterocycles. The molecule has 0 atom stereocenters. The number of amides is 1. The maximum Gasteiger partial charge on any atom is 0.270 e. The first-order valence-electron chi connectivity index (χ1n) is 9.70. The number of nitrogens with zero attached hydrogens (tertiary/aromatic N) is 2. The monoisotopic (exact) mass is 390 g/mol. The molecule has 3 rings (SSSR count). The number of benzene rings is 2. The Bertz CT molecular complexity index is 971. The number of rotatable bonds is 8. The molecule has 6 nitrogen and oxygen atoms in total. The molecule has 0 fully saturated rings. The number of aromatic nitrogens is 2. The molecule has 0 spiro atoms. The molecule has 1 aromatic heterocycles. The lowest BCUT2D eigenvalue weighted by Gasteiger charge is -2.10. The summed E-state index contributed by atoms with van der Waals surface area (Å²) in [4.78, 5) is 21.2. The average molecular weight is 390 g/mol. The molecule has 2 N–H and O–H groups in total. The van der Waals surface area contributed by atoms with Crippen molar-refractivity contribution in [3.05, 3.63) is 77.2 Å². The fourth-order valence-corrected chi connectivity index (χ4v) is 2.96. The second kappa shape index (κ2) is 9.68. The highest BCUT2D eigenvalue weighted by Gasteiger charge is 2.10. The molecule has 6 heteroatoms. The van der Waals surface area contributed by atoms with Crippen LogP contribution in [0.4, 0.5) is 11.5 Å². The Balaban J connectivity index is 1.62. The summed E-state index contributed by atoms with van der Waals surface area (Å²) >= 11 is 0. The van der Waals surface area contributed by atoms with Crippen molar-refractivity contribution >= 4 is 17.4 Å². The van der Waals surface area contributed by atoms with Crippen molar-refractivity contribution in [1.82, 2.24) is 15.3 Å². The molecule has 0 aliphatic carbocycles. The van der Waals surface area contributed by atoms with Gasteiger partial charge in [0, 0.05) is 18.3 Å². The van der Waals surface area contributed by atoms with Crippen molar-refractivity contribution in [2.45, 2.75) is 26.7 Å². The van der Waals surface area contributed by atoms with Crippen LogP contribution in [0, 0.1) is 6.92 Å². The summed E-state index contributed by atoms with van der Waals surface area (Å²) in [6, 6.07) is 17.6. The van der Waals surface area contributed by atoms with E-state index >= 15 is 0 Å². The number of ether oxygens (including phenoxy) is 1. The van der Waals surface area contributed by atoms with Gasteiger partial charge < -0.3 is 15.4 Å². The molecule has 29 heavy (non-hydrogen) atoms. The third kappa shape index (κ3) is 5.78. The van der Waals surface area contributed by atoms with Crippen LogP contribution in [0.1, 0.15) is 34.4 Å². The normalized spacial score (nSPS) is 10.4. The van der Waals surface area contributed by atoms with Crippen LogP contribution >= 0.6 is 0 Å².